The van der Waals surface area contributed by atoms with Crippen LogP contribution in [0, 0.1) is 0 Å². The van der Waals surface area contributed by atoms with Crippen LogP contribution in [0.5, 0.6) is 0 Å². The van der Waals surface area contributed by atoms with Gasteiger partial charge in [0, 0.05) is 25.7 Å². The van der Waals surface area contributed by atoms with E-state index in [1.54, 1.807) is 15.8 Å². The lowest BCUT2D eigenvalue weighted by Crippen LogP contribution is -2.43. The Morgan fingerprint density at radius 3 is 2.74 bits per heavy atom. The summed E-state index contributed by atoms with van der Waals surface area (Å²) in [6, 6.07) is 0. The van der Waals surface area contributed by atoms with Crippen LogP contribution in [0.1, 0.15) is 31.4 Å². The molecule has 0 unspecified atom stereocenters. The molecule has 2 heterocycles. The van der Waals surface area contributed by atoms with Crippen molar-refractivity contribution in [3.8, 4) is 0 Å². The van der Waals surface area contributed by atoms with E-state index in [2.05, 4.69) is 10.3 Å². The maximum Gasteiger partial charge on any atom is 0.303 e. The Morgan fingerprint density at radius 1 is 1.32 bits per heavy atom. The van der Waals surface area contributed by atoms with Crippen LogP contribution in [0.15, 0.2) is 6.20 Å². The number of likely N-dealkylation sites (tertiary alicyclic amines) is 1. The molecule has 2 rings (SSSR count). The van der Waals surface area contributed by atoms with Gasteiger partial charge in [0.2, 0.25) is 5.91 Å². The number of hydrogen-bond acceptors (Lipinski definition) is 4. The predicted molar refractivity (Wildman–Crippen MR) is 66.4 cm³/mol. The van der Waals surface area contributed by atoms with E-state index in [-0.39, 0.29) is 18.9 Å². The maximum absolute atomic E-state index is 11.7. The van der Waals surface area contributed by atoms with E-state index in [1.165, 1.54) is 0 Å². The molecular weight excluding hydrogens is 248 g/mol. The third-order valence-electron chi connectivity index (χ3n) is 3.17. The van der Waals surface area contributed by atoms with Crippen molar-refractivity contribution in [2.75, 3.05) is 13.1 Å². The maximum atomic E-state index is 11.7. The van der Waals surface area contributed by atoms with Crippen LogP contribution in [0.2, 0.25) is 0 Å². The summed E-state index contributed by atoms with van der Waals surface area (Å²) in [5, 5.41) is 16.4. The molecule has 1 aliphatic rings. The largest absolute Gasteiger partial charge is 0.481 e. The second-order valence-corrected chi connectivity index (χ2v) is 4.74. The van der Waals surface area contributed by atoms with Gasteiger partial charge in [-0.15, -0.1) is 5.10 Å². The van der Waals surface area contributed by atoms with Gasteiger partial charge in [-0.2, -0.15) is 0 Å². The minimum Gasteiger partial charge on any atom is -0.481 e. The molecule has 0 spiro atoms. The zero-order valence-electron chi connectivity index (χ0n) is 10.8. The zero-order valence-corrected chi connectivity index (χ0v) is 10.8. The van der Waals surface area contributed by atoms with Gasteiger partial charge in [0.05, 0.1) is 5.69 Å². The molecule has 19 heavy (non-hydrogen) atoms. The number of carboxylic acids is 1. The van der Waals surface area contributed by atoms with Crippen LogP contribution in [0.4, 0.5) is 0 Å². The Morgan fingerprint density at radius 2 is 2.11 bits per heavy atom. The lowest BCUT2D eigenvalue weighted by Gasteiger charge is -2.30. The molecule has 1 aliphatic heterocycles. The molecule has 1 saturated heterocycles. The van der Waals surface area contributed by atoms with E-state index in [9.17, 15) is 9.59 Å². The van der Waals surface area contributed by atoms with Crippen molar-refractivity contribution in [3.05, 3.63) is 11.9 Å². The van der Waals surface area contributed by atoms with Crippen LogP contribution < -0.4 is 0 Å². The monoisotopic (exact) mass is 266 g/mol. The van der Waals surface area contributed by atoms with Gasteiger partial charge in [-0.25, -0.2) is 4.68 Å². The number of carboxylic acid groups (broad SMARTS) is 1. The molecular formula is C12H18N4O3. The van der Waals surface area contributed by atoms with E-state index >= 15 is 0 Å². The molecule has 1 aromatic heterocycles. The van der Waals surface area contributed by atoms with Crippen LogP contribution >= 0.6 is 0 Å². The lowest BCUT2D eigenvalue weighted by molar-refractivity contribution is -0.137. The van der Waals surface area contributed by atoms with Gasteiger partial charge in [0.1, 0.15) is 6.54 Å². The third kappa shape index (κ3) is 4.04. The van der Waals surface area contributed by atoms with Gasteiger partial charge in [-0.3, -0.25) is 9.59 Å². The molecule has 1 fully saturated rings. The van der Waals surface area contributed by atoms with Gasteiger partial charge in [-0.1, -0.05) is 5.21 Å². The summed E-state index contributed by atoms with van der Waals surface area (Å²) in [5.41, 5.74) is 0.807. The summed E-state index contributed by atoms with van der Waals surface area (Å²) in [7, 11) is 0. The number of nitrogens with zero attached hydrogens (tertiary/aromatic N) is 4. The number of aromatic nitrogens is 3. The number of carbonyl (C=O) groups excluding carboxylic acids is 1. The summed E-state index contributed by atoms with van der Waals surface area (Å²) in [5.74, 6) is -0.697. The Hall–Kier alpha value is -1.92. The number of amides is 1. The quantitative estimate of drug-likeness (QED) is 0.717. The Kier molecular flexibility index (Phi) is 4.48. The highest BCUT2D eigenvalue weighted by atomic mass is 16.4. The summed E-state index contributed by atoms with van der Waals surface area (Å²) >= 11 is 0. The van der Waals surface area contributed by atoms with Crippen molar-refractivity contribution in [1.82, 2.24) is 19.9 Å². The molecule has 0 radical (unpaired) electrons. The zero-order chi connectivity index (χ0) is 13.7. The molecule has 0 bridgehead atoms. The molecule has 7 nitrogen and oxygen atoms in total. The first-order valence-electron chi connectivity index (χ1n) is 6.54. The van der Waals surface area contributed by atoms with Crippen LogP contribution in [-0.2, 0) is 22.6 Å². The van der Waals surface area contributed by atoms with Gasteiger partial charge in [0.25, 0.3) is 0 Å². The highest BCUT2D eigenvalue weighted by Crippen LogP contribution is 2.07. The summed E-state index contributed by atoms with van der Waals surface area (Å²) in [4.78, 5) is 23.9. The van der Waals surface area contributed by atoms with Crippen molar-refractivity contribution in [1.29, 1.82) is 0 Å². The van der Waals surface area contributed by atoms with Gasteiger partial charge >= 0.3 is 5.97 Å². The summed E-state index contributed by atoms with van der Waals surface area (Å²) in [6.07, 6.45) is 5.13. The van der Waals surface area contributed by atoms with Gasteiger partial charge < -0.3 is 10.0 Å². The van der Waals surface area contributed by atoms with Crippen molar-refractivity contribution >= 4 is 11.9 Å². The SMILES string of the molecule is O=C(O)CCCCc1cn(CC(=O)N2CCC2)nn1. The van der Waals surface area contributed by atoms with Gasteiger partial charge in [0.15, 0.2) is 0 Å². The molecule has 1 amide bonds. The number of aryl methyl sites for hydroxylation is 1. The smallest absolute Gasteiger partial charge is 0.303 e. The average Bonchev–Trinajstić information content (AvgIpc) is 2.69. The second kappa shape index (κ2) is 6.31. The standard InChI is InChI=1S/C12H18N4O3/c17-11(15-6-3-7-15)9-16-8-10(13-14-16)4-1-2-5-12(18)19/h8H,1-7,9H2,(H,18,19). The van der Waals surface area contributed by atoms with Gasteiger partial charge in [-0.05, 0) is 25.7 Å². The first-order chi connectivity index (χ1) is 9.15. The number of aliphatic carboxylic acids is 1. The van der Waals surface area contributed by atoms with Crippen molar-refractivity contribution in [2.45, 2.75) is 38.6 Å². The van der Waals surface area contributed by atoms with Crippen molar-refractivity contribution in [2.24, 2.45) is 0 Å². The number of hydrogen-bond donors (Lipinski definition) is 1. The van der Waals surface area contributed by atoms with Crippen LogP contribution in [0.25, 0.3) is 0 Å². The molecule has 0 saturated carbocycles. The fourth-order valence-corrected chi connectivity index (χ4v) is 1.92. The molecule has 0 aliphatic carbocycles. The van der Waals surface area contributed by atoms with Crippen molar-refractivity contribution < 1.29 is 14.7 Å². The van der Waals surface area contributed by atoms with E-state index < -0.39 is 5.97 Å². The normalized spacial score (nSPS) is 14.2. The summed E-state index contributed by atoms with van der Waals surface area (Å²) in [6.45, 7) is 1.92. The van der Waals surface area contributed by atoms with Crippen LogP contribution in [-0.4, -0.2) is 50.0 Å². The highest BCUT2D eigenvalue weighted by molar-refractivity contribution is 5.76. The number of unbranched alkanes of at least 4 members (excludes halogenated alkanes) is 1. The van der Waals surface area contributed by atoms with Crippen molar-refractivity contribution in [3.63, 3.8) is 0 Å². The second-order valence-electron chi connectivity index (χ2n) is 4.74. The van der Waals surface area contributed by atoms with E-state index in [0.717, 1.165) is 31.6 Å². The number of rotatable bonds is 7. The Labute approximate surface area is 111 Å². The molecule has 0 atom stereocenters. The molecule has 7 heteroatoms. The molecule has 1 N–H and O–H groups in total. The third-order valence-corrected chi connectivity index (χ3v) is 3.17. The Bertz CT molecular complexity index is 454. The van der Waals surface area contributed by atoms with E-state index in [4.69, 9.17) is 5.11 Å². The predicted octanol–water partition coefficient (Wildman–Crippen LogP) is 0.308. The Balaban J connectivity index is 1.72. The lowest BCUT2D eigenvalue weighted by atomic mass is 10.1. The highest BCUT2D eigenvalue weighted by Gasteiger charge is 2.20. The summed E-state index contributed by atoms with van der Waals surface area (Å²) < 4.78 is 1.55. The van der Waals surface area contributed by atoms with E-state index in [0.29, 0.717) is 12.8 Å². The fourth-order valence-electron chi connectivity index (χ4n) is 1.92. The molecule has 1 aromatic rings. The molecule has 0 aromatic carbocycles. The molecule has 104 valence electrons. The average molecular weight is 266 g/mol. The topological polar surface area (TPSA) is 88.3 Å². The fraction of sp³-hybridized carbons (Fsp3) is 0.667. The van der Waals surface area contributed by atoms with Crippen LogP contribution in [0.3, 0.4) is 0 Å². The minimum atomic E-state index is -0.774. The minimum absolute atomic E-state index is 0.0774. The first-order valence-corrected chi connectivity index (χ1v) is 6.54. The van der Waals surface area contributed by atoms with E-state index in [1.807, 2.05) is 0 Å². The number of carbonyl (C=O) groups is 2. The first kappa shape index (κ1) is 13.5.